The summed E-state index contributed by atoms with van der Waals surface area (Å²) in [5, 5.41) is 27.9. The first-order chi connectivity index (χ1) is 18.2. The maximum absolute atomic E-state index is 13.6. The number of thioether (sulfide) groups is 2. The Labute approximate surface area is 257 Å². The number of fused-ring (bicyclic) bond motifs is 2. The van der Waals surface area contributed by atoms with E-state index in [0.717, 1.165) is 16.2 Å². The fourth-order valence-corrected chi connectivity index (χ4v) is 8.22. The molecule has 0 aliphatic carbocycles. The van der Waals surface area contributed by atoms with Crippen LogP contribution in [0.2, 0.25) is 0 Å². The van der Waals surface area contributed by atoms with Crippen molar-refractivity contribution < 1.29 is 58.6 Å². The minimum Gasteiger partial charge on any atom is -0.543 e. The monoisotopic (exact) mass is 615 g/mol. The van der Waals surface area contributed by atoms with E-state index in [2.05, 4.69) is 15.5 Å². The number of nitrogen functional groups attached to an aromatic ring is 1. The first-order valence-electron chi connectivity index (χ1n) is 10.7. The average Bonchev–Trinajstić information content (AvgIpc) is 3.31. The Bertz CT molecular complexity index is 1630. The fourth-order valence-electron chi connectivity index (χ4n) is 3.94. The van der Waals surface area contributed by atoms with Crippen molar-refractivity contribution in [3.63, 3.8) is 0 Å². The quantitative estimate of drug-likeness (QED) is 0.0661. The number of amides is 2. The number of hydrogen-bond acceptors (Lipinski definition) is 13. The van der Waals surface area contributed by atoms with Crippen molar-refractivity contribution in [3.05, 3.63) is 62.7 Å². The molecule has 17 heteroatoms. The first-order valence-corrected chi connectivity index (χ1v) is 14.4. The van der Waals surface area contributed by atoms with Crippen LogP contribution in [0.4, 0.5) is 9.52 Å². The molecule has 2 aromatic heterocycles. The van der Waals surface area contributed by atoms with Crippen LogP contribution in [-0.4, -0.2) is 61.5 Å². The van der Waals surface area contributed by atoms with E-state index in [-0.39, 0.29) is 63.0 Å². The van der Waals surface area contributed by atoms with Crippen molar-refractivity contribution >= 4 is 84.9 Å². The zero-order valence-electron chi connectivity index (χ0n) is 19.9. The van der Waals surface area contributed by atoms with Gasteiger partial charge in [-0.25, -0.2) is 9.37 Å². The van der Waals surface area contributed by atoms with E-state index in [4.69, 9.17) is 5.73 Å². The molecule has 0 unspecified atom stereocenters. The molecule has 11 nitrogen and oxygen atoms in total. The minimum absolute atomic E-state index is 0. The van der Waals surface area contributed by atoms with Crippen LogP contribution in [0.15, 0.2) is 55.1 Å². The van der Waals surface area contributed by atoms with Gasteiger partial charge in [-0.3, -0.25) is 19.3 Å². The van der Waals surface area contributed by atoms with Gasteiger partial charge in [-0.1, -0.05) is 5.16 Å². The topological polar surface area (TPSA) is 178 Å². The van der Waals surface area contributed by atoms with Crippen LogP contribution >= 0.6 is 46.2 Å². The van der Waals surface area contributed by atoms with E-state index in [1.165, 1.54) is 64.5 Å². The zero-order chi connectivity index (χ0) is 27.1. The van der Waals surface area contributed by atoms with Crippen LogP contribution in [0.5, 0.6) is 0 Å². The number of carbonyl (C=O) groups excluding carboxylic acids is 3. The molecule has 1 fully saturated rings. The maximum Gasteiger partial charge on any atom is 1.00 e. The number of oxime groups is 1. The Balaban J connectivity index is 0.00000353. The van der Waals surface area contributed by atoms with E-state index < -0.39 is 40.7 Å². The van der Waals surface area contributed by atoms with Crippen LogP contribution in [0, 0.1) is 5.82 Å². The van der Waals surface area contributed by atoms with E-state index in [9.17, 15) is 33.9 Å². The number of hydrogen-bond donors (Lipinski definition) is 3. The molecule has 1 aromatic carbocycles. The number of carboxylic acid groups (broad SMARTS) is 1. The molecule has 1 saturated heterocycles. The third kappa shape index (κ3) is 5.73. The Kier molecular flexibility index (Phi) is 9.05. The molecule has 4 N–H and O–H groups in total. The van der Waals surface area contributed by atoms with Gasteiger partial charge in [-0.05, 0) is 23.8 Å². The summed E-state index contributed by atoms with van der Waals surface area (Å²) < 4.78 is 14.7. The number of β-lactam (4-membered cyclic amide) rings is 1. The Morgan fingerprint density at radius 2 is 2.10 bits per heavy atom. The molecule has 196 valence electrons. The number of carboxylic acids is 1. The van der Waals surface area contributed by atoms with Crippen LogP contribution in [0.25, 0.3) is 10.1 Å². The summed E-state index contributed by atoms with van der Waals surface area (Å²) >= 11 is 4.67. The molecule has 3 aromatic rings. The summed E-state index contributed by atoms with van der Waals surface area (Å²) in [4.78, 5) is 54.9. The van der Waals surface area contributed by atoms with Crippen molar-refractivity contribution in [2.75, 3.05) is 17.2 Å². The summed E-state index contributed by atoms with van der Waals surface area (Å²) in [5.41, 5.74) is 4.98. The van der Waals surface area contributed by atoms with Gasteiger partial charge in [0.25, 0.3) is 11.8 Å². The summed E-state index contributed by atoms with van der Waals surface area (Å²) in [6.45, 7) is 0. The zero-order valence-corrected chi connectivity index (χ0v) is 25.1. The van der Waals surface area contributed by atoms with Gasteiger partial charge in [0.1, 0.15) is 22.9 Å². The second-order valence-corrected chi connectivity index (χ2v) is 12.3. The molecule has 39 heavy (non-hydrogen) atoms. The summed E-state index contributed by atoms with van der Waals surface area (Å²) in [5.74, 6) is -3.20. The van der Waals surface area contributed by atoms with E-state index in [0.29, 0.717) is 19.9 Å². The smallest absolute Gasteiger partial charge is 0.543 e. The molecule has 0 spiro atoms. The summed E-state index contributed by atoms with van der Waals surface area (Å²) in [7, 11) is 0. The van der Waals surface area contributed by atoms with Crippen LogP contribution in [0.3, 0.4) is 0 Å². The second kappa shape index (κ2) is 12.0. The number of nitrogens with zero attached hydrogens (tertiary/aromatic N) is 3. The number of carbonyl (C=O) groups is 3. The predicted octanol–water partition coefficient (Wildman–Crippen LogP) is -2.18. The number of aromatic nitrogens is 1. The number of thiazole rings is 1. The third-order valence-electron chi connectivity index (χ3n) is 5.66. The minimum atomic E-state index is -1.55. The second-order valence-electron chi connectivity index (χ2n) is 7.98. The SMILES string of the molecule is Nc1nc(/C(=N/O)C(=O)N[C@@H]2C(=O)N3C(C(=O)[O-])=C(CSc4cc(=O)c5ccc(F)cc5s4)CS[C@H]23)cs1.[Na+]. The normalized spacial score (nSPS) is 18.8. The number of anilines is 1. The summed E-state index contributed by atoms with van der Waals surface area (Å²) in [6.07, 6.45) is 0. The molecule has 2 amide bonds. The molecular formula is C22H15FN5NaO6S4. The van der Waals surface area contributed by atoms with Crippen LogP contribution < -0.4 is 51.1 Å². The number of benzene rings is 1. The molecule has 0 radical (unpaired) electrons. The molecular weight excluding hydrogens is 601 g/mol. The van der Waals surface area contributed by atoms with Gasteiger partial charge in [0.05, 0.1) is 15.9 Å². The van der Waals surface area contributed by atoms with E-state index in [1.807, 2.05) is 0 Å². The van der Waals surface area contributed by atoms with Gasteiger partial charge in [0.15, 0.2) is 16.3 Å². The van der Waals surface area contributed by atoms with Gasteiger partial charge in [-0.2, -0.15) is 0 Å². The Morgan fingerprint density at radius 1 is 1.33 bits per heavy atom. The molecule has 2 aliphatic heterocycles. The van der Waals surface area contributed by atoms with Crippen LogP contribution in [-0.2, 0) is 14.4 Å². The van der Waals surface area contributed by atoms with E-state index >= 15 is 0 Å². The van der Waals surface area contributed by atoms with Gasteiger partial charge in [-0.15, -0.1) is 46.2 Å². The van der Waals surface area contributed by atoms with Crippen molar-refractivity contribution in [1.82, 2.24) is 15.2 Å². The molecule has 4 heterocycles. The number of aliphatic carboxylic acids is 1. The average molecular weight is 616 g/mol. The Morgan fingerprint density at radius 3 is 2.77 bits per heavy atom. The van der Waals surface area contributed by atoms with Gasteiger partial charge in [0.2, 0.25) is 0 Å². The van der Waals surface area contributed by atoms with Crippen molar-refractivity contribution in [2.45, 2.75) is 15.6 Å². The predicted molar refractivity (Wildman–Crippen MR) is 141 cm³/mol. The summed E-state index contributed by atoms with van der Waals surface area (Å²) in [6, 6.07) is 4.23. The molecule has 2 atom stereocenters. The van der Waals surface area contributed by atoms with Crippen molar-refractivity contribution in [1.29, 1.82) is 0 Å². The molecule has 2 aliphatic rings. The fraction of sp³-hybridized carbons (Fsp3) is 0.182. The largest absolute Gasteiger partial charge is 1.00 e. The maximum atomic E-state index is 13.6. The number of rotatable bonds is 7. The Hall–Kier alpha value is -2.47. The van der Waals surface area contributed by atoms with Crippen molar-refractivity contribution in [2.24, 2.45) is 5.16 Å². The molecule has 5 rings (SSSR count). The molecule has 0 bridgehead atoms. The van der Waals surface area contributed by atoms with Crippen molar-refractivity contribution in [3.8, 4) is 0 Å². The first kappa shape index (κ1) is 29.5. The van der Waals surface area contributed by atoms with Crippen LogP contribution in [0.1, 0.15) is 5.69 Å². The third-order valence-corrected chi connectivity index (χ3v) is 10.1. The standard InChI is InChI=1S/C22H16FN5O6S4.Na/c23-9-1-2-10-12(29)4-14(38-13(10)3-9)35-5-8-6-36-20-16(19(31)28(20)17(8)21(32)33)26-18(30)15(27-34)11-7-37-22(24)25-11;/h1-4,7,16,20,34H,5-6H2,(H2,24,25)(H,26,30)(H,32,33);/q;+1/p-1/b27-15-;/t16-,20-;/m1./s1. The van der Waals surface area contributed by atoms with Gasteiger partial charge < -0.3 is 26.2 Å². The number of halogens is 1. The number of nitrogens with one attached hydrogen (secondary N) is 1. The number of nitrogens with two attached hydrogens (primary N) is 1. The van der Waals surface area contributed by atoms with E-state index in [1.54, 1.807) is 0 Å². The molecule has 0 saturated carbocycles. The van der Waals surface area contributed by atoms with Gasteiger partial charge >= 0.3 is 29.6 Å². The van der Waals surface area contributed by atoms with Gasteiger partial charge in [0, 0.05) is 33.0 Å².